The molecule has 2 rings (SSSR count). The molecule has 1 aliphatic rings. The summed E-state index contributed by atoms with van der Waals surface area (Å²) in [4.78, 5) is 11.4. The van der Waals surface area contributed by atoms with Gasteiger partial charge in [0.25, 0.3) is 0 Å². The number of rotatable bonds is 1. The van der Waals surface area contributed by atoms with Crippen LogP contribution < -0.4 is 0 Å². The number of allylic oxidation sites excluding steroid dienone is 2. The molecule has 15 heavy (non-hydrogen) atoms. The fourth-order valence-electron chi connectivity index (χ4n) is 2.07. The molecular weight excluding hydrogens is 184 g/mol. The average Bonchev–Trinajstić information content (AvgIpc) is 2.17. The second-order valence-corrected chi connectivity index (χ2v) is 4.52. The Morgan fingerprint density at radius 3 is 2.40 bits per heavy atom. The van der Waals surface area contributed by atoms with Crippen LogP contribution in [0.5, 0.6) is 0 Å². The summed E-state index contributed by atoms with van der Waals surface area (Å²) < 4.78 is 0. The summed E-state index contributed by atoms with van der Waals surface area (Å²) in [5, 5.41) is 0. The molecule has 0 N–H and O–H groups in total. The van der Waals surface area contributed by atoms with Crippen molar-refractivity contribution in [3.05, 3.63) is 41.5 Å². The van der Waals surface area contributed by atoms with E-state index in [9.17, 15) is 4.79 Å². The van der Waals surface area contributed by atoms with Crippen LogP contribution in [0.4, 0.5) is 0 Å². The predicted octanol–water partition coefficient (Wildman–Crippen LogP) is 3.38. The van der Waals surface area contributed by atoms with Crippen molar-refractivity contribution in [2.24, 2.45) is 5.92 Å². The van der Waals surface area contributed by atoms with Crippen LogP contribution in [0.1, 0.15) is 30.9 Å². The van der Waals surface area contributed by atoms with E-state index in [-0.39, 0.29) is 5.78 Å². The van der Waals surface area contributed by atoms with Crippen LogP contribution in [-0.4, -0.2) is 5.78 Å². The van der Waals surface area contributed by atoms with Gasteiger partial charge in [0.15, 0.2) is 5.78 Å². The Labute approximate surface area is 90.8 Å². The van der Waals surface area contributed by atoms with Gasteiger partial charge >= 0.3 is 0 Å². The topological polar surface area (TPSA) is 17.1 Å². The SMILES string of the molecule is Cc1ccc(C2=CC(=O)CC(C)C2)cc1. The van der Waals surface area contributed by atoms with Gasteiger partial charge in [0.2, 0.25) is 0 Å². The van der Waals surface area contributed by atoms with Gasteiger partial charge in [0.05, 0.1) is 0 Å². The van der Waals surface area contributed by atoms with E-state index in [0.29, 0.717) is 12.3 Å². The van der Waals surface area contributed by atoms with Crippen LogP contribution in [0, 0.1) is 12.8 Å². The quantitative estimate of drug-likeness (QED) is 0.679. The molecule has 0 heterocycles. The normalized spacial score (nSPS) is 21.3. The lowest BCUT2D eigenvalue weighted by Gasteiger charge is -2.18. The fourth-order valence-corrected chi connectivity index (χ4v) is 2.07. The molecule has 0 radical (unpaired) electrons. The molecule has 0 aliphatic heterocycles. The van der Waals surface area contributed by atoms with Gasteiger partial charge in [-0.3, -0.25) is 4.79 Å². The summed E-state index contributed by atoms with van der Waals surface area (Å²) in [5.41, 5.74) is 3.65. The van der Waals surface area contributed by atoms with E-state index in [2.05, 4.69) is 38.1 Å². The van der Waals surface area contributed by atoms with Crippen molar-refractivity contribution in [2.45, 2.75) is 26.7 Å². The number of carbonyl (C=O) groups is 1. The molecule has 0 saturated carbocycles. The minimum absolute atomic E-state index is 0.268. The van der Waals surface area contributed by atoms with E-state index in [1.807, 2.05) is 6.08 Å². The summed E-state index contributed by atoms with van der Waals surface area (Å²) in [6, 6.07) is 8.40. The zero-order chi connectivity index (χ0) is 10.8. The van der Waals surface area contributed by atoms with Crippen molar-refractivity contribution >= 4 is 11.4 Å². The first-order chi connectivity index (χ1) is 7.15. The molecule has 0 saturated heterocycles. The molecule has 0 bridgehead atoms. The Hall–Kier alpha value is -1.37. The molecule has 1 nitrogen and oxygen atoms in total. The number of benzene rings is 1. The molecule has 1 atom stereocenters. The first-order valence-corrected chi connectivity index (χ1v) is 5.45. The predicted molar refractivity (Wildman–Crippen MR) is 62.6 cm³/mol. The lowest BCUT2D eigenvalue weighted by molar-refractivity contribution is -0.115. The zero-order valence-electron chi connectivity index (χ0n) is 9.29. The maximum atomic E-state index is 11.4. The number of aryl methyl sites for hydroxylation is 1. The van der Waals surface area contributed by atoms with Crippen molar-refractivity contribution < 1.29 is 4.79 Å². The third kappa shape index (κ3) is 2.35. The molecule has 1 aromatic carbocycles. The summed E-state index contributed by atoms with van der Waals surface area (Å²) in [6.07, 6.45) is 3.54. The Balaban J connectivity index is 2.30. The highest BCUT2D eigenvalue weighted by atomic mass is 16.1. The Kier molecular flexibility index (Phi) is 2.72. The zero-order valence-corrected chi connectivity index (χ0v) is 9.29. The molecular formula is C14H16O. The number of ketones is 1. The third-order valence-corrected chi connectivity index (χ3v) is 2.88. The fraction of sp³-hybridized carbons (Fsp3) is 0.357. The van der Waals surface area contributed by atoms with E-state index in [0.717, 1.165) is 6.42 Å². The van der Waals surface area contributed by atoms with Crippen molar-refractivity contribution in [1.29, 1.82) is 0 Å². The summed E-state index contributed by atoms with van der Waals surface area (Å²) in [5.74, 6) is 0.753. The van der Waals surface area contributed by atoms with Gasteiger partial charge in [0, 0.05) is 6.42 Å². The maximum Gasteiger partial charge on any atom is 0.156 e. The Morgan fingerprint density at radius 2 is 1.80 bits per heavy atom. The van der Waals surface area contributed by atoms with E-state index in [4.69, 9.17) is 0 Å². The van der Waals surface area contributed by atoms with E-state index in [1.54, 1.807) is 0 Å². The number of hydrogen-bond acceptors (Lipinski definition) is 1. The molecule has 1 unspecified atom stereocenters. The molecule has 0 spiro atoms. The van der Waals surface area contributed by atoms with Crippen molar-refractivity contribution in [1.82, 2.24) is 0 Å². The molecule has 1 aliphatic carbocycles. The highest BCUT2D eigenvalue weighted by Crippen LogP contribution is 2.29. The highest BCUT2D eigenvalue weighted by Gasteiger charge is 2.17. The second kappa shape index (κ2) is 4.01. The van der Waals surface area contributed by atoms with E-state index < -0.39 is 0 Å². The van der Waals surface area contributed by atoms with E-state index >= 15 is 0 Å². The number of carbonyl (C=O) groups excluding carboxylic acids is 1. The largest absolute Gasteiger partial charge is 0.295 e. The monoisotopic (exact) mass is 200 g/mol. The Bertz CT molecular complexity index is 398. The molecule has 0 fully saturated rings. The van der Waals surface area contributed by atoms with Crippen LogP contribution in [0.3, 0.4) is 0 Å². The highest BCUT2D eigenvalue weighted by molar-refractivity contribution is 5.98. The number of hydrogen-bond donors (Lipinski definition) is 0. The lowest BCUT2D eigenvalue weighted by atomic mass is 9.86. The maximum absolute atomic E-state index is 11.4. The van der Waals surface area contributed by atoms with Gasteiger partial charge in [0.1, 0.15) is 0 Å². The Morgan fingerprint density at radius 1 is 1.13 bits per heavy atom. The van der Waals surface area contributed by atoms with Gasteiger partial charge in [-0.15, -0.1) is 0 Å². The first-order valence-electron chi connectivity index (χ1n) is 5.45. The summed E-state index contributed by atoms with van der Waals surface area (Å²) in [7, 11) is 0. The van der Waals surface area contributed by atoms with Gasteiger partial charge in [-0.05, 0) is 36.5 Å². The average molecular weight is 200 g/mol. The first kappa shape index (κ1) is 10.2. The third-order valence-electron chi connectivity index (χ3n) is 2.88. The van der Waals surface area contributed by atoms with Crippen LogP contribution in [0.15, 0.2) is 30.3 Å². The standard InChI is InChI=1S/C14H16O/c1-10-3-5-12(6-4-10)13-7-11(2)8-14(15)9-13/h3-6,9,11H,7-8H2,1-2H3. The lowest BCUT2D eigenvalue weighted by Crippen LogP contribution is -2.10. The van der Waals surface area contributed by atoms with E-state index in [1.165, 1.54) is 16.7 Å². The van der Waals surface area contributed by atoms with Gasteiger partial charge in [-0.1, -0.05) is 36.8 Å². The van der Waals surface area contributed by atoms with Crippen LogP contribution >= 0.6 is 0 Å². The van der Waals surface area contributed by atoms with Crippen molar-refractivity contribution in [3.8, 4) is 0 Å². The molecule has 0 aromatic heterocycles. The molecule has 1 aromatic rings. The van der Waals surface area contributed by atoms with Crippen molar-refractivity contribution in [2.75, 3.05) is 0 Å². The van der Waals surface area contributed by atoms with Gasteiger partial charge in [-0.2, -0.15) is 0 Å². The minimum Gasteiger partial charge on any atom is -0.295 e. The minimum atomic E-state index is 0.268. The molecule has 78 valence electrons. The van der Waals surface area contributed by atoms with Crippen molar-refractivity contribution in [3.63, 3.8) is 0 Å². The van der Waals surface area contributed by atoms with Gasteiger partial charge in [-0.25, -0.2) is 0 Å². The van der Waals surface area contributed by atoms with Crippen LogP contribution in [0.25, 0.3) is 5.57 Å². The summed E-state index contributed by atoms with van der Waals surface area (Å²) >= 11 is 0. The van der Waals surface area contributed by atoms with Gasteiger partial charge < -0.3 is 0 Å². The smallest absolute Gasteiger partial charge is 0.156 e. The molecule has 1 heteroatoms. The van der Waals surface area contributed by atoms with Crippen LogP contribution in [0.2, 0.25) is 0 Å². The summed E-state index contributed by atoms with van der Waals surface area (Å²) in [6.45, 7) is 4.21. The molecule has 0 amide bonds. The second-order valence-electron chi connectivity index (χ2n) is 4.52. The van der Waals surface area contributed by atoms with Crippen LogP contribution in [-0.2, 0) is 4.79 Å².